The monoisotopic (exact) mass is 346 g/mol. The van der Waals surface area contributed by atoms with Crippen molar-refractivity contribution in [3.05, 3.63) is 47.6 Å². The first-order chi connectivity index (χ1) is 12.0. The largest absolute Gasteiger partial charge is 0.369 e. The number of hydrogen-bond acceptors (Lipinski definition) is 5. The van der Waals surface area contributed by atoms with Crippen LogP contribution in [0.2, 0.25) is 0 Å². The number of nitrogens with zero attached hydrogens (tertiary/aromatic N) is 3. The second kappa shape index (κ2) is 7.65. The van der Waals surface area contributed by atoms with Crippen molar-refractivity contribution in [2.45, 2.75) is 26.4 Å². The average Bonchev–Trinajstić information content (AvgIpc) is 3.05. The Morgan fingerprint density at radius 2 is 1.96 bits per heavy atom. The molecule has 1 N–H and O–H groups in total. The predicted molar refractivity (Wildman–Crippen MR) is 92.7 cm³/mol. The Morgan fingerprint density at radius 3 is 2.56 bits per heavy atom. The number of carbonyl (C=O) groups excluding carboxylic acids is 1. The Kier molecular flexibility index (Phi) is 5.33. The SMILES string of the molecule is Cc1cc(CNC(=O)[C@@H](C)N2CCN(c3ccc(F)cc3)CC2)on1. The number of rotatable bonds is 5. The van der Waals surface area contributed by atoms with Crippen LogP contribution in [0.3, 0.4) is 0 Å². The Labute approximate surface area is 146 Å². The first-order valence-electron chi connectivity index (χ1n) is 8.47. The molecule has 0 radical (unpaired) electrons. The fraction of sp³-hybridized carbons (Fsp3) is 0.444. The number of aryl methyl sites for hydroxylation is 1. The lowest BCUT2D eigenvalue weighted by Gasteiger charge is -2.38. The summed E-state index contributed by atoms with van der Waals surface area (Å²) in [5.41, 5.74) is 1.81. The number of amides is 1. The summed E-state index contributed by atoms with van der Waals surface area (Å²) in [5.74, 6) is 0.401. The fourth-order valence-electron chi connectivity index (χ4n) is 3.01. The minimum absolute atomic E-state index is 0.0238. The van der Waals surface area contributed by atoms with Gasteiger partial charge in [-0.25, -0.2) is 4.39 Å². The highest BCUT2D eigenvalue weighted by Gasteiger charge is 2.25. The zero-order valence-corrected chi connectivity index (χ0v) is 14.5. The van der Waals surface area contributed by atoms with E-state index in [-0.39, 0.29) is 17.8 Å². The lowest BCUT2D eigenvalue weighted by molar-refractivity contribution is -0.126. The molecule has 1 fully saturated rings. The molecule has 134 valence electrons. The molecule has 25 heavy (non-hydrogen) atoms. The van der Waals surface area contributed by atoms with E-state index in [9.17, 15) is 9.18 Å². The van der Waals surface area contributed by atoms with Gasteiger partial charge < -0.3 is 14.7 Å². The number of halogens is 1. The van der Waals surface area contributed by atoms with Crippen LogP contribution in [0.25, 0.3) is 0 Å². The third kappa shape index (κ3) is 4.36. The molecule has 1 aromatic heterocycles. The molecule has 1 saturated heterocycles. The first-order valence-corrected chi connectivity index (χ1v) is 8.47. The third-order valence-corrected chi connectivity index (χ3v) is 4.55. The molecule has 2 aromatic rings. The molecule has 1 aliphatic heterocycles. The van der Waals surface area contributed by atoms with E-state index < -0.39 is 0 Å². The van der Waals surface area contributed by atoms with Gasteiger partial charge in [0.2, 0.25) is 5.91 Å². The summed E-state index contributed by atoms with van der Waals surface area (Å²) in [4.78, 5) is 16.7. The van der Waals surface area contributed by atoms with Gasteiger partial charge in [0.05, 0.1) is 18.3 Å². The van der Waals surface area contributed by atoms with Crippen molar-refractivity contribution in [3.8, 4) is 0 Å². The Balaban J connectivity index is 1.48. The van der Waals surface area contributed by atoms with Gasteiger partial charge >= 0.3 is 0 Å². The second-order valence-electron chi connectivity index (χ2n) is 6.33. The summed E-state index contributed by atoms with van der Waals surface area (Å²) in [6, 6.07) is 8.14. The fourth-order valence-corrected chi connectivity index (χ4v) is 3.01. The van der Waals surface area contributed by atoms with Crippen LogP contribution in [0.1, 0.15) is 18.4 Å². The van der Waals surface area contributed by atoms with Gasteiger partial charge in [-0.2, -0.15) is 0 Å². The summed E-state index contributed by atoms with van der Waals surface area (Å²) in [6.45, 7) is 7.29. The number of hydrogen-bond donors (Lipinski definition) is 1. The molecule has 0 spiro atoms. The second-order valence-corrected chi connectivity index (χ2v) is 6.33. The molecule has 2 heterocycles. The Morgan fingerprint density at radius 1 is 1.28 bits per heavy atom. The molecule has 1 aromatic carbocycles. The van der Waals surface area contributed by atoms with Gasteiger partial charge in [-0.1, -0.05) is 5.16 Å². The van der Waals surface area contributed by atoms with Crippen LogP contribution in [0, 0.1) is 12.7 Å². The highest BCUT2D eigenvalue weighted by Crippen LogP contribution is 2.17. The number of benzene rings is 1. The van der Waals surface area contributed by atoms with E-state index in [1.807, 2.05) is 19.9 Å². The van der Waals surface area contributed by atoms with Gasteiger partial charge in [0, 0.05) is 37.9 Å². The van der Waals surface area contributed by atoms with Crippen molar-refractivity contribution in [2.75, 3.05) is 31.1 Å². The van der Waals surface area contributed by atoms with Crippen molar-refractivity contribution >= 4 is 11.6 Å². The van der Waals surface area contributed by atoms with Gasteiger partial charge in [-0.15, -0.1) is 0 Å². The van der Waals surface area contributed by atoms with E-state index in [1.165, 1.54) is 12.1 Å². The predicted octanol–water partition coefficient (Wildman–Crippen LogP) is 1.95. The van der Waals surface area contributed by atoms with E-state index in [0.717, 1.165) is 37.6 Å². The lowest BCUT2D eigenvalue weighted by Crippen LogP contribution is -2.53. The minimum atomic E-state index is -0.227. The molecule has 0 aliphatic carbocycles. The van der Waals surface area contributed by atoms with Gasteiger partial charge in [0.15, 0.2) is 5.76 Å². The van der Waals surface area contributed by atoms with E-state index in [1.54, 1.807) is 12.1 Å². The van der Waals surface area contributed by atoms with E-state index in [4.69, 9.17) is 4.52 Å². The van der Waals surface area contributed by atoms with Crippen LogP contribution in [-0.4, -0.2) is 48.2 Å². The van der Waals surface area contributed by atoms with Gasteiger partial charge in [-0.05, 0) is 38.1 Å². The molecule has 0 unspecified atom stereocenters. The molecule has 6 nitrogen and oxygen atoms in total. The molecule has 0 saturated carbocycles. The van der Waals surface area contributed by atoms with Crippen molar-refractivity contribution in [3.63, 3.8) is 0 Å². The molecule has 7 heteroatoms. The normalized spacial score (nSPS) is 16.7. The van der Waals surface area contributed by atoms with E-state index >= 15 is 0 Å². The Bertz CT molecular complexity index is 708. The maximum atomic E-state index is 13.0. The first kappa shape index (κ1) is 17.4. The van der Waals surface area contributed by atoms with Crippen molar-refractivity contribution < 1.29 is 13.7 Å². The number of piperazine rings is 1. The zero-order chi connectivity index (χ0) is 17.8. The highest BCUT2D eigenvalue weighted by atomic mass is 19.1. The summed E-state index contributed by atoms with van der Waals surface area (Å²) >= 11 is 0. The van der Waals surface area contributed by atoms with Crippen LogP contribution in [0.15, 0.2) is 34.9 Å². The molecule has 1 amide bonds. The molecular formula is C18H23FN4O2. The molecule has 1 atom stereocenters. The smallest absolute Gasteiger partial charge is 0.237 e. The third-order valence-electron chi connectivity index (χ3n) is 4.55. The van der Waals surface area contributed by atoms with E-state index in [0.29, 0.717) is 12.3 Å². The summed E-state index contributed by atoms with van der Waals surface area (Å²) in [5, 5.41) is 6.69. The zero-order valence-electron chi connectivity index (χ0n) is 14.5. The number of carbonyl (C=O) groups is 1. The van der Waals surface area contributed by atoms with E-state index in [2.05, 4.69) is 20.3 Å². The maximum Gasteiger partial charge on any atom is 0.237 e. The number of anilines is 1. The minimum Gasteiger partial charge on any atom is -0.369 e. The van der Waals surface area contributed by atoms with Crippen LogP contribution in [0.4, 0.5) is 10.1 Å². The molecule has 1 aliphatic rings. The number of nitrogens with one attached hydrogen (secondary N) is 1. The summed E-state index contributed by atoms with van der Waals surface area (Å²) in [7, 11) is 0. The van der Waals surface area contributed by atoms with Crippen LogP contribution in [0.5, 0.6) is 0 Å². The quantitative estimate of drug-likeness (QED) is 0.897. The van der Waals surface area contributed by atoms with Crippen molar-refractivity contribution in [1.82, 2.24) is 15.4 Å². The van der Waals surface area contributed by atoms with Gasteiger partial charge in [0.1, 0.15) is 5.82 Å². The maximum absolute atomic E-state index is 13.0. The average molecular weight is 346 g/mol. The van der Waals surface area contributed by atoms with Gasteiger partial charge in [-0.3, -0.25) is 9.69 Å². The summed E-state index contributed by atoms with van der Waals surface area (Å²) in [6.07, 6.45) is 0. The highest BCUT2D eigenvalue weighted by molar-refractivity contribution is 5.81. The molecule has 0 bridgehead atoms. The van der Waals surface area contributed by atoms with Crippen LogP contribution >= 0.6 is 0 Å². The van der Waals surface area contributed by atoms with Crippen LogP contribution < -0.4 is 10.2 Å². The standard InChI is InChI=1S/C18H23FN4O2/c1-13-11-17(25-21-13)12-20-18(24)14(2)22-7-9-23(10-8-22)16-5-3-15(19)4-6-16/h3-6,11,14H,7-10,12H2,1-2H3,(H,20,24)/t14-/m1/s1. The van der Waals surface area contributed by atoms with Crippen LogP contribution in [-0.2, 0) is 11.3 Å². The number of aromatic nitrogens is 1. The van der Waals surface area contributed by atoms with Gasteiger partial charge in [0.25, 0.3) is 0 Å². The molecular weight excluding hydrogens is 323 g/mol. The summed E-state index contributed by atoms with van der Waals surface area (Å²) < 4.78 is 18.1. The van der Waals surface area contributed by atoms with Crippen molar-refractivity contribution in [2.24, 2.45) is 0 Å². The van der Waals surface area contributed by atoms with Crippen molar-refractivity contribution in [1.29, 1.82) is 0 Å². The Hall–Kier alpha value is -2.41. The molecule has 3 rings (SSSR count). The topological polar surface area (TPSA) is 61.6 Å². The lowest BCUT2D eigenvalue weighted by atomic mass is 10.2.